The number of ether oxygens (including phenoxy) is 4. The normalized spacial score (nSPS) is 21.1. The quantitative estimate of drug-likeness (QED) is 0.526. The highest BCUT2D eigenvalue weighted by Gasteiger charge is 2.61. The fourth-order valence-corrected chi connectivity index (χ4v) is 3.72. The number of hydrogen-bond acceptors (Lipinski definition) is 6. The van der Waals surface area contributed by atoms with Crippen LogP contribution in [0.3, 0.4) is 0 Å². The first-order valence-corrected chi connectivity index (χ1v) is 10.8. The fraction of sp³-hybridized carbons (Fsp3) is 0.583. The lowest BCUT2D eigenvalue weighted by Crippen LogP contribution is -2.56. The average molecular weight is 447 g/mol. The van der Waals surface area contributed by atoms with Crippen molar-refractivity contribution < 1.29 is 28.5 Å². The predicted octanol–water partition coefficient (Wildman–Crippen LogP) is 4.84. The minimum atomic E-state index is -0.719. The first-order chi connectivity index (χ1) is 14.8. The summed E-state index contributed by atoms with van der Waals surface area (Å²) in [5.74, 6) is 1.45. The number of nitrogens with one attached hydrogen (secondary N) is 1. The van der Waals surface area contributed by atoms with Crippen LogP contribution < -0.4 is 14.9 Å². The molecule has 1 aromatic carbocycles. The van der Waals surface area contributed by atoms with Gasteiger partial charge in [-0.25, -0.2) is 20.0 Å². The van der Waals surface area contributed by atoms with Gasteiger partial charge in [0.1, 0.15) is 28.8 Å². The first kappa shape index (κ1) is 23.8. The number of amides is 2. The summed E-state index contributed by atoms with van der Waals surface area (Å²) >= 11 is 0. The SMILES string of the molecule is COc1ccc(O[C@H]2C=C[C@@H](N(NC(=O)OC(C)(C)C)C(=O)OC(C)(C)C)C23CC3)cc1. The van der Waals surface area contributed by atoms with Gasteiger partial charge in [-0.3, -0.25) is 0 Å². The molecule has 176 valence electrons. The predicted molar refractivity (Wildman–Crippen MR) is 119 cm³/mol. The Morgan fingerprint density at radius 3 is 2.00 bits per heavy atom. The Kier molecular flexibility index (Phi) is 6.36. The van der Waals surface area contributed by atoms with Crippen LogP contribution in [0.25, 0.3) is 0 Å². The summed E-state index contributed by atoms with van der Waals surface area (Å²) in [7, 11) is 1.61. The van der Waals surface area contributed by atoms with Crippen molar-refractivity contribution in [3.63, 3.8) is 0 Å². The lowest BCUT2D eigenvalue weighted by molar-refractivity contribution is -0.0165. The molecule has 1 fully saturated rings. The Morgan fingerprint density at radius 1 is 0.938 bits per heavy atom. The fourth-order valence-electron chi connectivity index (χ4n) is 3.72. The molecule has 3 rings (SSSR count). The number of nitrogens with zero attached hydrogens (tertiary/aromatic N) is 1. The second-order valence-electron chi connectivity index (χ2n) is 10.2. The number of rotatable bonds is 4. The monoisotopic (exact) mass is 446 g/mol. The minimum Gasteiger partial charge on any atom is -0.497 e. The highest BCUT2D eigenvalue weighted by atomic mass is 16.6. The van der Waals surface area contributed by atoms with Gasteiger partial charge in [-0.05, 0) is 84.7 Å². The molecule has 1 saturated carbocycles. The van der Waals surface area contributed by atoms with Crippen LogP contribution in [0.2, 0.25) is 0 Å². The van der Waals surface area contributed by atoms with Crippen LogP contribution in [0.1, 0.15) is 54.4 Å². The van der Waals surface area contributed by atoms with E-state index in [2.05, 4.69) is 5.43 Å². The maximum atomic E-state index is 13.0. The van der Waals surface area contributed by atoms with Gasteiger partial charge in [0.25, 0.3) is 0 Å². The maximum absolute atomic E-state index is 13.0. The van der Waals surface area contributed by atoms with Crippen molar-refractivity contribution in [1.82, 2.24) is 10.4 Å². The molecule has 2 atom stereocenters. The lowest BCUT2D eigenvalue weighted by Gasteiger charge is -2.36. The van der Waals surface area contributed by atoms with Crippen LogP contribution in [0.15, 0.2) is 36.4 Å². The van der Waals surface area contributed by atoms with Crippen molar-refractivity contribution in [3.8, 4) is 11.5 Å². The molecule has 2 amide bonds. The van der Waals surface area contributed by atoms with Gasteiger partial charge in [0.2, 0.25) is 0 Å². The van der Waals surface area contributed by atoms with Crippen molar-refractivity contribution >= 4 is 12.2 Å². The summed E-state index contributed by atoms with van der Waals surface area (Å²) in [6.07, 6.45) is 3.92. The number of benzene rings is 1. The molecule has 1 N–H and O–H groups in total. The summed E-state index contributed by atoms with van der Waals surface area (Å²) < 4.78 is 22.4. The van der Waals surface area contributed by atoms with Crippen LogP contribution in [0.5, 0.6) is 11.5 Å². The summed E-state index contributed by atoms with van der Waals surface area (Å²) in [5.41, 5.74) is 0.845. The molecule has 0 unspecified atom stereocenters. The Hall–Kier alpha value is -2.90. The van der Waals surface area contributed by atoms with Gasteiger partial charge in [0.05, 0.1) is 13.2 Å². The van der Waals surface area contributed by atoms with Crippen LogP contribution in [-0.2, 0) is 9.47 Å². The molecule has 0 radical (unpaired) electrons. The lowest BCUT2D eigenvalue weighted by atomic mass is 9.96. The van der Waals surface area contributed by atoms with E-state index in [9.17, 15) is 9.59 Å². The molecular weight excluding hydrogens is 412 g/mol. The van der Waals surface area contributed by atoms with Crippen LogP contribution in [-0.4, -0.2) is 47.7 Å². The van der Waals surface area contributed by atoms with Crippen molar-refractivity contribution in [2.45, 2.75) is 77.7 Å². The number of methoxy groups -OCH3 is 1. The summed E-state index contributed by atoms with van der Waals surface area (Å²) in [6.45, 7) is 10.6. The second kappa shape index (κ2) is 8.56. The molecule has 0 bridgehead atoms. The first-order valence-electron chi connectivity index (χ1n) is 10.8. The Balaban J connectivity index is 1.79. The van der Waals surface area contributed by atoms with Gasteiger partial charge in [-0.15, -0.1) is 0 Å². The molecule has 8 heteroatoms. The number of carbonyl (C=O) groups excluding carboxylic acids is 2. The molecule has 2 aliphatic rings. The summed E-state index contributed by atoms with van der Waals surface area (Å²) in [5, 5.41) is 1.24. The molecule has 8 nitrogen and oxygen atoms in total. The zero-order valence-corrected chi connectivity index (χ0v) is 19.9. The highest BCUT2D eigenvalue weighted by Crippen LogP contribution is 2.58. The largest absolute Gasteiger partial charge is 0.497 e. The Morgan fingerprint density at radius 2 is 1.50 bits per heavy atom. The van der Waals surface area contributed by atoms with E-state index in [-0.39, 0.29) is 11.5 Å². The molecule has 0 aromatic heterocycles. The molecule has 0 aliphatic heterocycles. The molecule has 32 heavy (non-hydrogen) atoms. The third-order valence-corrected chi connectivity index (χ3v) is 5.25. The standard InChI is InChI=1S/C24H34N2O6/c1-22(2,3)31-20(27)25-26(21(28)32-23(4,5)6)18-12-13-19(24(18)14-15-24)30-17-10-8-16(29-7)9-11-17/h8-13,18-19H,14-15H2,1-7H3,(H,25,27)/t18-,19+/m1/s1. The summed E-state index contributed by atoms with van der Waals surface area (Å²) in [6, 6.07) is 6.94. The van der Waals surface area contributed by atoms with E-state index < -0.39 is 29.4 Å². The van der Waals surface area contributed by atoms with E-state index in [0.717, 1.165) is 18.6 Å². The van der Waals surface area contributed by atoms with E-state index in [1.54, 1.807) is 48.7 Å². The molecular formula is C24H34N2O6. The third-order valence-electron chi connectivity index (χ3n) is 5.25. The maximum Gasteiger partial charge on any atom is 0.429 e. The minimum absolute atomic E-state index is 0.244. The van der Waals surface area contributed by atoms with Crippen molar-refractivity contribution in [1.29, 1.82) is 0 Å². The van der Waals surface area contributed by atoms with Gasteiger partial charge >= 0.3 is 12.2 Å². The Labute approximate surface area is 189 Å². The molecule has 1 spiro atoms. The third kappa shape index (κ3) is 5.66. The zero-order chi connectivity index (χ0) is 23.7. The number of hydrazine groups is 1. The topological polar surface area (TPSA) is 86.3 Å². The van der Waals surface area contributed by atoms with E-state index in [4.69, 9.17) is 18.9 Å². The molecule has 0 heterocycles. The van der Waals surface area contributed by atoms with Crippen LogP contribution in [0.4, 0.5) is 9.59 Å². The van der Waals surface area contributed by atoms with Gasteiger partial charge in [0, 0.05) is 5.41 Å². The van der Waals surface area contributed by atoms with Gasteiger partial charge in [-0.2, -0.15) is 0 Å². The average Bonchev–Trinajstić information content (AvgIpc) is 3.38. The van der Waals surface area contributed by atoms with Crippen LogP contribution in [0, 0.1) is 5.41 Å². The smallest absolute Gasteiger partial charge is 0.429 e. The van der Waals surface area contributed by atoms with Gasteiger partial charge in [-0.1, -0.05) is 6.08 Å². The number of hydrogen-bond donors (Lipinski definition) is 1. The Bertz CT molecular complexity index is 862. The zero-order valence-electron chi connectivity index (χ0n) is 19.9. The highest BCUT2D eigenvalue weighted by molar-refractivity contribution is 5.75. The number of carbonyl (C=O) groups is 2. The van der Waals surface area contributed by atoms with E-state index in [1.807, 2.05) is 36.4 Å². The van der Waals surface area contributed by atoms with E-state index in [0.29, 0.717) is 5.75 Å². The second-order valence-corrected chi connectivity index (χ2v) is 10.2. The van der Waals surface area contributed by atoms with Crippen molar-refractivity contribution in [3.05, 3.63) is 36.4 Å². The van der Waals surface area contributed by atoms with Crippen molar-refractivity contribution in [2.75, 3.05) is 7.11 Å². The summed E-state index contributed by atoms with van der Waals surface area (Å²) in [4.78, 5) is 25.6. The van der Waals surface area contributed by atoms with E-state index >= 15 is 0 Å². The van der Waals surface area contributed by atoms with Crippen molar-refractivity contribution in [2.24, 2.45) is 5.41 Å². The van der Waals surface area contributed by atoms with E-state index in [1.165, 1.54) is 5.01 Å². The molecule has 2 aliphatic carbocycles. The molecule has 1 aromatic rings. The van der Waals surface area contributed by atoms with Gasteiger partial charge < -0.3 is 18.9 Å². The van der Waals surface area contributed by atoms with Crippen LogP contribution >= 0.6 is 0 Å². The molecule has 0 saturated heterocycles. The van der Waals surface area contributed by atoms with Gasteiger partial charge in [0.15, 0.2) is 0 Å².